The number of benzene rings is 24. The molecule has 0 amide bonds. The van der Waals surface area contributed by atoms with Crippen LogP contribution < -0.4 is 19.6 Å². The number of thiophene rings is 3. The fourth-order valence-corrected chi connectivity index (χ4v) is 25.7. The van der Waals surface area contributed by atoms with E-state index < -0.39 is 0 Å². The molecule has 24 aromatic carbocycles. The lowest BCUT2D eigenvalue weighted by Crippen LogP contribution is -2.14. The van der Waals surface area contributed by atoms with E-state index in [2.05, 4.69) is 563 Å². The van der Waals surface area contributed by atoms with Crippen LogP contribution in [0.3, 0.4) is 0 Å². The van der Waals surface area contributed by atoms with Gasteiger partial charge in [-0.1, -0.05) is 334 Å². The number of nitrogens with zero attached hydrogens (tertiary/aromatic N) is 6. The summed E-state index contributed by atoms with van der Waals surface area (Å²) in [6.07, 6.45) is 0. The van der Waals surface area contributed by atoms with Crippen LogP contribution in [0.25, 0.3) is 192 Å². The van der Waals surface area contributed by atoms with Crippen molar-refractivity contribution in [2.75, 3.05) is 19.6 Å². The molecular formula is C136H88N6S3. The minimum absolute atomic E-state index is 1.08. The minimum atomic E-state index is 1.08. The fourth-order valence-electron chi connectivity index (χ4n) is 22.5. The Bertz CT molecular complexity index is 10000. The number of hydrogen-bond donors (Lipinski definition) is 0. The third kappa shape index (κ3) is 14.6. The number of anilines is 12. The summed E-state index contributed by atoms with van der Waals surface area (Å²) in [7, 11) is 0. The summed E-state index contributed by atoms with van der Waals surface area (Å²) in [6, 6.07) is 196. The largest absolute Gasteiger partial charge is 0.310 e. The topological polar surface area (TPSA) is 22.8 Å². The van der Waals surface area contributed by atoms with Crippen molar-refractivity contribution in [3.63, 3.8) is 0 Å². The van der Waals surface area contributed by atoms with Gasteiger partial charge in [-0.15, -0.1) is 34.0 Å². The van der Waals surface area contributed by atoms with E-state index in [4.69, 9.17) is 0 Å². The van der Waals surface area contributed by atoms with Gasteiger partial charge < -0.3 is 28.7 Å². The Morgan fingerprint density at radius 2 is 0.455 bits per heavy atom. The van der Waals surface area contributed by atoms with Gasteiger partial charge in [-0.3, -0.25) is 0 Å². The van der Waals surface area contributed by atoms with E-state index >= 15 is 0 Å². The smallest absolute Gasteiger partial charge is 0.0619 e. The quantitative estimate of drug-likeness (QED) is 0.0669. The molecule has 29 rings (SSSR count). The molecule has 0 atom stereocenters. The zero-order valence-electron chi connectivity index (χ0n) is 78.7. The Hall–Kier alpha value is -18.2. The number of aromatic nitrogens is 2. The molecule has 6 nitrogen and oxygen atoms in total. The molecule has 0 saturated carbocycles. The first-order valence-corrected chi connectivity index (χ1v) is 51.8. The summed E-state index contributed by atoms with van der Waals surface area (Å²) in [4.78, 5) is 9.77. The highest BCUT2D eigenvalue weighted by atomic mass is 32.1. The standard InChI is InChI=1S/C74H47N3S2.C62H41N3S/c1-4-18-48(19-5-1)50-35-41-70-64(44-50)66-46-55(38-42-72(66)79-70)76(53-22-8-3-9-23-53)74-62-28-12-10-26-60(62)73(61-27-11-13-29-63(61)74)75(52-20-6-2-7-21-52)54-36-32-49(33-37-54)51-34-40-58-57-24-14-16-30-67(57)77(68(58)45-51)56-39-43-71-65(47-56)59-25-15-17-31-69(59)78-71;1-4-17-45(18-5-1)63(48-32-28-42(29-33-48)44-30-35-54-53-26-14-15-27-56(53)65(59(54)40-44)47-21-8-3-9-22-47)57-36-37-58(52-25-13-12-24-51(52)57)64(46-19-6-2-7-20-46)49-34-39-60-55(41-49)62-50-23-11-10-16-43(50)31-38-61(62)66-60/h1-47H;1-41H. The van der Waals surface area contributed by atoms with Gasteiger partial charge in [0, 0.05) is 171 Å². The molecular weight excluding hydrogens is 1810 g/mol. The summed E-state index contributed by atoms with van der Waals surface area (Å²) < 4.78 is 12.6. The van der Waals surface area contributed by atoms with Crippen molar-refractivity contribution in [3.05, 3.63) is 534 Å². The van der Waals surface area contributed by atoms with Crippen LogP contribution in [0, 0.1) is 0 Å². The van der Waals surface area contributed by atoms with Gasteiger partial charge in [0.05, 0.1) is 44.8 Å². The van der Waals surface area contributed by atoms with Gasteiger partial charge in [0.25, 0.3) is 0 Å². The second-order valence-electron chi connectivity index (χ2n) is 37.3. The Kier molecular flexibility index (Phi) is 20.8. The average Bonchev–Trinajstić information content (AvgIpc) is 1.53. The van der Waals surface area contributed by atoms with Gasteiger partial charge >= 0.3 is 0 Å². The molecule has 145 heavy (non-hydrogen) atoms. The van der Waals surface area contributed by atoms with Crippen LogP contribution in [0.4, 0.5) is 68.2 Å². The first kappa shape index (κ1) is 84.8. The van der Waals surface area contributed by atoms with Crippen molar-refractivity contribution in [3.8, 4) is 44.8 Å². The van der Waals surface area contributed by atoms with Crippen molar-refractivity contribution >= 4 is 249 Å². The molecule has 0 saturated heterocycles. The van der Waals surface area contributed by atoms with Crippen LogP contribution in [0.5, 0.6) is 0 Å². The molecule has 0 fully saturated rings. The minimum Gasteiger partial charge on any atom is -0.310 e. The highest BCUT2D eigenvalue weighted by Crippen LogP contribution is 2.55. The van der Waals surface area contributed by atoms with Gasteiger partial charge in [0.2, 0.25) is 0 Å². The second-order valence-corrected chi connectivity index (χ2v) is 40.6. The van der Waals surface area contributed by atoms with E-state index in [-0.39, 0.29) is 0 Å². The molecule has 0 unspecified atom stereocenters. The van der Waals surface area contributed by atoms with Gasteiger partial charge in [-0.2, -0.15) is 0 Å². The lowest BCUT2D eigenvalue weighted by molar-refractivity contribution is 1.18. The summed E-state index contributed by atoms with van der Waals surface area (Å²) in [5.41, 5.74) is 27.5. The van der Waals surface area contributed by atoms with Crippen molar-refractivity contribution in [1.82, 2.24) is 9.13 Å². The maximum atomic E-state index is 2.48. The number of hydrogen-bond acceptors (Lipinski definition) is 7. The summed E-state index contributed by atoms with van der Waals surface area (Å²) >= 11 is 5.59. The molecule has 0 aliphatic rings. The molecule has 0 radical (unpaired) electrons. The monoisotopic (exact) mass is 1900 g/mol. The van der Waals surface area contributed by atoms with E-state index in [1.165, 1.54) is 154 Å². The predicted molar refractivity (Wildman–Crippen MR) is 625 cm³/mol. The molecule has 0 spiro atoms. The lowest BCUT2D eigenvalue weighted by atomic mass is 9.95. The van der Waals surface area contributed by atoms with Crippen molar-refractivity contribution in [2.45, 2.75) is 0 Å². The van der Waals surface area contributed by atoms with E-state index in [1.54, 1.807) is 0 Å². The third-order valence-corrected chi connectivity index (χ3v) is 32.5. The maximum Gasteiger partial charge on any atom is 0.0619 e. The van der Waals surface area contributed by atoms with Gasteiger partial charge in [0.15, 0.2) is 0 Å². The SMILES string of the molecule is c1ccc(-c2ccc3sc4ccc(N(c5ccccc5)c5c6ccccc6c(N(c6ccccc6)c6ccc(-c7ccc8c9ccccc9n(-c9ccc%10sc%11ccccc%11c%10c9)c8c7)cc6)c6ccccc56)cc4c3c2)cc1.c1ccc(N(c2ccc(-c3ccc4c5ccccc5n(-c5ccccc5)c4c3)cc2)c2ccc(N(c3ccccc3)c3ccc4sc5ccc6ccccc6c5c4c3)c3ccccc23)cc1. The van der Waals surface area contributed by atoms with Gasteiger partial charge in [0.1, 0.15) is 0 Å². The van der Waals surface area contributed by atoms with Crippen LogP contribution in [-0.4, -0.2) is 9.13 Å². The van der Waals surface area contributed by atoms with Crippen LogP contribution in [0.1, 0.15) is 0 Å². The number of para-hydroxylation sites is 7. The molecule has 9 heteroatoms. The number of fused-ring (bicyclic) bond motifs is 20. The molecule has 0 bridgehead atoms. The van der Waals surface area contributed by atoms with E-state index in [1.807, 2.05) is 34.0 Å². The molecule has 680 valence electrons. The van der Waals surface area contributed by atoms with E-state index in [0.717, 1.165) is 106 Å². The molecule has 5 aromatic heterocycles. The molecule has 29 aromatic rings. The first-order valence-electron chi connectivity index (χ1n) is 49.4. The summed E-state index contributed by atoms with van der Waals surface area (Å²) in [5.74, 6) is 0. The summed E-state index contributed by atoms with van der Waals surface area (Å²) in [6.45, 7) is 0. The third-order valence-electron chi connectivity index (χ3n) is 29.1. The number of rotatable bonds is 17. The van der Waals surface area contributed by atoms with Crippen LogP contribution in [0.2, 0.25) is 0 Å². The second kappa shape index (κ2) is 35.5. The average molecular weight is 1900 g/mol. The van der Waals surface area contributed by atoms with Crippen molar-refractivity contribution < 1.29 is 0 Å². The molecule has 0 aliphatic heterocycles. The summed E-state index contributed by atoms with van der Waals surface area (Å²) in [5, 5.41) is 22.3. The fraction of sp³-hybridized carbons (Fsp3) is 0. The maximum absolute atomic E-state index is 2.48. The Morgan fingerprint density at radius 1 is 0.145 bits per heavy atom. The first-order chi connectivity index (χ1) is 71.9. The van der Waals surface area contributed by atoms with Crippen LogP contribution >= 0.6 is 34.0 Å². The highest BCUT2D eigenvalue weighted by Gasteiger charge is 2.29. The molecule has 0 N–H and O–H groups in total. The molecule has 5 heterocycles. The van der Waals surface area contributed by atoms with Crippen LogP contribution in [-0.2, 0) is 0 Å². The predicted octanol–water partition coefficient (Wildman–Crippen LogP) is 40.2. The van der Waals surface area contributed by atoms with Gasteiger partial charge in [-0.05, 0) is 244 Å². The normalized spacial score (nSPS) is 11.7. The Balaban J connectivity index is 0.000000143. The lowest BCUT2D eigenvalue weighted by Gasteiger charge is -2.33. The van der Waals surface area contributed by atoms with Crippen molar-refractivity contribution in [2.24, 2.45) is 0 Å². The Labute approximate surface area is 850 Å². The highest BCUT2D eigenvalue weighted by molar-refractivity contribution is 7.26. The van der Waals surface area contributed by atoms with E-state index in [0.29, 0.717) is 0 Å². The van der Waals surface area contributed by atoms with Crippen molar-refractivity contribution in [1.29, 1.82) is 0 Å². The zero-order valence-corrected chi connectivity index (χ0v) is 81.2. The van der Waals surface area contributed by atoms with Crippen LogP contribution in [0.15, 0.2) is 534 Å². The molecule has 0 aliphatic carbocycles. The van der Waals surface area contributed by atoms with E-state index in [9.17, 15) is 0 Å². The Morgan fingerprint density at radius 3 is 0.986 bits per heavy atom. The zero-order chi connectivity index (χ0) is 95.5. The van der Waals surface area contributed by atoms with Gasteiger partial charge in [-0.25, -0.2) is 0 Å².